The van der Waals surface area contributed by atoms with Gasteiger partial charge in [-0.1, -0.05) is 12.1 Å². The van der Waals surface area contributed by atoms with E-state index in [0.717, 1.165) is 23.4 Å². The summed E-state index contributed by atoms with van der Waals surface area (Å²) in [7, 11) is 0. The van der Waals surface area contributed by atoms with Gasteiger partial charge >= 0.3 is 0 Å². The molecule has 16 heavy (non-hydrogen) atoms. The van der Waals surface area contributed by atoms with Gasteiger partial charge in [0.15, 0.2) is 5.96 Å². The zero-order valence-electron chi connectivity index (χ0n) is 10.4. The van der Waals surface area contributed by atoms with Crippen molar-refractivity contribution in [3.8, 4) is 0 Å². The Morgan fingerprint density at radius 2 is 2.25 bits per heavy atom. The van der Waals surface area contributed by atoms with Crippen LogP contribution in [0, 0.1) is 13.8 Å². The van der Waals surface area contributed by atoms with Crippen LogP contribution in [0.15, 0.2) is 9.52 Å². The Labute approximate surface area is 96.1 Å². The fraction of sp³-hybridized carbons (Fsp3) is 0.636. The number of rotatable bonds is 4. The van der Waals surface area contributed by atoms with Crippen molar-refractivity contribution in [2.45, 2.75) is 46.7 Å². The molecule has 5 nitrogen and oxygen atoms in total. The molecule has 0 amide bonds. The maximum absolute atomic E-state index is 5.75. The standard InChI is InChI=1S/C11H20N4O/c1-5-7(2)14-11(12)13-6-10-8(3)15-16-9(10)4/h7H,5-6H2,1-4H3,(H3,12,13,14). The van der Waals surface area contributed by atoms with Crippen LogP contribution in [0.5, 0.6) is 0 Å². The van der Waals surface area contributed by atoms with Gasteiger partial charge in [0.05, 0.1) is 12.2 Å². The minimum absolute atomic E-state index is 0.341. The van der Waals surface area contributed by atoms with Crippen molar-refractivity contribution in [2.24, 2.45) is 10.7 Å². The molecule has 0 radical (unpaired) electrons. The van der Waals surface area contributed by atoms with Gasteiger partial charge in [-0.2, -0.15) is 0 Å². The smallest absolute Gasteiger partial charge is 0.189 e. The van der Waals surface area contributed by atoms with Gasteiger partial charge < -0.3 is 15.6 Å². The number of hydrogen-bond donors (Lipinski definition) is 2. The van der Waals surface area contributed by atoms with E-state index in [1.807, 2.05) is 13.8 Å². The molecular formula is C11H20N4O. The number of nitrogens with one attached hydrogen (secondary N) is 1. The Balaban J connectivity index is 2.59. The summed E-state index contributed by atoms with van der Waals surface area (Å²) in [6.07, 6.45) is 1.02. The van der Waals surface area contributed by atoms with Crippen molar-refractivity contribution in [1.82, 2.24) is 10.5 Å². The maximum atomic E-state index is 5.75. The van der Waals surface area contributed by atoms with Crippen LogP contribution in [0.4, 0.5) is 0 Å². The minimum atomic E-state index is 0.341. The molecule has 90 valence electrons. The van der Waals surface area contributed by atoms with Gasteiger partial charge in [0.1, 0.15) is 5.76 Å². The lowest BCUT2D eigenvalue weighted by atomic mass is 10.2. The quantitative estimate of drug-likeness (QED) is 0.600. The molecule has 0 bridgehead atoms. The predicted molar refractivity (Wildman–Crippen MR) is 64.2 cm³/mol. The molecule has 1 unspecified atom stereocenters. The van der Waals surface area contributed by atoms with E-state index in [1.165, 1.54) is 0 Å². The van der Waals surface area contributed by atoms with E-state index < -0.39 is 0 Å². The molecule has 1 rings (SSSR count). The highest BCUT2D eigenvalue weighted by Crippen LogP contribution is 2.12. The summed E-state index contributed by atoms with van der Waals surface area (Å²) in [5, 5.41) is 6.97. The van der Waals surface area contributed by atoms with Crippen LogP contribution >= 0.6 is 0 Å². The lowest BCUT2D eigenvalue weighted by Crippen LogP contribution is -2.38. The van der Waals surface area contributed by atoms with Gasteiger partial charge in [-0.05, 0) is 27.2 Å². The van der Waals surface area contributed by atoms with E-state index in [-0.39, 0.29) is 0 Å². The van der Waals surface area contributed by atoms with Gasteiger partial charge in [0, 0.05) is 11.6 Å². The molecule has 0 fully saturated rings. The highest BCUT2D eigenvalue weighted by atomic mass is 16.5. The summed E-state index contributed by atoms with van der Waals surface area (Å²) >= 11 is 0. The molecule has 0 aromatic carbocycles. The highest BCUT2D eigenvalue weighted by Gasteiger charge is 2.08. The SMILES string of the molecule is CCC(C)NC(N)=NCc1c(C)noc1C. The van der Waals surface area contributed by atoms with Crippen LogP contribution < -0.4 is 11.1 Å². The van der Waals surface area contributed by atoms with E-state index in [1.54, 1.807) is 0 Å². The number of aromatic nitrogens is 1. The number of aryl methyl sites for hydroxylation is 2. The van der Waals surface area contributed by atoms with Gasteiger partial charge in [0.25, 0.3) is 0 Å². The number of nitrogens with zero attached hydrogens (tertiary/aromatic N) is 2. The maximum Gasteiger partial charge on any atom is 0.189 e. The fourth-order valence-corrected chi connectivity index (χ4v) is 1.29. The van der Waals surface area contributed by atoms with E-state index in [2.05, 4.69) is 29.3 Å². The first kappa shape index (κ1) is 12.5. The van der Waals surface area contributed by atoms with E-state index in [0.29, 0.717) is 18.5 Å². The van der Waals surface area contributed by atoms with Crippen molar-refractivity contribution in [1.29, 1.82) is 0 Å². The van der Waals surface area contributed by atoms with Gasteiger partial charge in [-0.3, -0.25) is 0 Å². The first-order valence-corrected chi connectivity index (χ1v) is 5.52. The molecule has 1 heterocycles. The molecule has 0 aliphatic heterocycles. The first-order valence-electron chi connectivity index (χ1n) is 5.52. The third-order valence-corrected chi connectivity index (χ3v) is 2.60. The number of guanidine groups is 1. The fourth-order valence-electron chi connectivity index (χ4n) is 1.29. The summed E-state index contributed by atoms with van der Waals surface area (Å²) in [6, 6.07) is 0.341. The highest BCUT2D eigenvalue weighted by molar-refractivity contribution is 5.78. The normalized spacial score (nSPS) is 13.9. The minimum Gasteiger partial charge on any atom is -0.370 e. The summed E-state index contributed by atoms with van der Waals surface area (Å²) < 4.78 is 5.05. The lowest BCUT2D eigenvalue weighted by Gasteiger charge is -2.11. The molecule has 5 heteroatoms. The summed E-state index contributed by atoms with van der Waals surface area (Å²) in [5.74, 6) is 1.27. The Kier molecular flexibility index (Phi) is 4.34. The molecule has 0 aliphatic rings. The molecule has 0 saturated carbocycles. The average Bonchev–Trinajstić information content (AvgIpc) is 2.56. The monoisotopic (exact) mass is 224 g/mol. The predicted octanol–water partition coefficient (Wildman–Crippen LogP) is 1.49. The van der Waals surface area contributed by atoms with Crippen molar-refractivity contribution in [3.63, 3.8) is 0 Å². The number of aliphatic imine (C=N–C) groups is 1. The summed E-state index contributed by atoms with van der Waals surface area (Å²) in [5.41, 5.74) is 7.64. The topological polar surface area (TPSA) is 76.4 Å². The number of nitrogens with two attached hydrogens (primary N) is 1. The van der Waals surface area contributed by atoms with E-state index in [4.69, 9.17) is 10.3 Å². The van der Waals surface area contributed by atoms with Crippen LogP contribution in [0.25, 0.3) is 0 Å². The van der Waals surface area contributed by atoms with Crippen molar-refractivity contribution in [3.05, 3.63) is 17.0 Å². The first-order chi connectivity index (χ1) is 7.54. The lowest BCUT2D eigenvalue weighted by molar-refractivity contribution is 0.392. The third-order valence-electron chi connectivity index (χ3n) is 2.60. The Hall–Kier alpha value is -1.52. The Bertz CT molecular complexity index is 351. The van der Waals surface area contributed by atoms with Crippen molar-refractivity contribution < 1.29 is 4.52 Å². The van der Waals surface area contributed by atoms with E-state index >= 15 is 0 Å². The average molecular weight is 224 g/mol. The van der Waals surface area contributed by atoms with Crippen LogP contribution in [0.3, 0.4) is 0 Å². The molecule has 3 N–H and O–H groups in total. The molecule has 1 aromatic heterocycles. The largest absolute Gasteiger partial charge is 0.370 e. The van der Waals surface area contributed by atoms with Crippen LogP contribution in [-0.2, 0) is 6.54 Å². The zero-order valence-corrected chi connectivity index (χ0v) is 10.4. The summed E-state index contributed by atoms with van der Waals surface area (Å²) in [4.78, 5) is 4.26. The van der Waals surface area contributed by atoms with Crippen LogP contribution in [0.1, 0.15) is 37.3 Å². The molecule has 0 spiro atoms. The van der Waals surface area contributed by atoms with Crippen molar-refractivity contribution >= 4 is 5.96 Å². The van der Waals surface area contributed by atoms with Crippen molar-refractivity contribution in [2.75, 3.05) is 0 Å². The molecule has 1 aromatic rings. The second-order valence-corrected chi connectivity index (χ2v) is 3.96. The number of hydrogen-bond acceptors (Lipinski definition) is 3. The molecular weight excluding hydrogens is 204 g/mol. The zero-order chi connectivity index (χ0) is 12.1. The second-order valence-electron chi connectivity index (χ2n) is 3.96. The van der Waals surface area contributed by atoms with Gasteiger partial charge in [0.2, 0.25) is 0 Å². The van der Waals surface area contributed by atoms with Crippen LogP contribution in [-0.4, -0.2) is 17.2 Å². The van der Waals surface area contributed by atoms with Gasteiger partial charge in [-0.15, -0.1) is 0 Å². The molecule has 1 atom stereocenters. The Morgan fingerprint density at radius 3 is 2.75 bits per heavy atom. The third kappa shape index (κ3) is 3.25. The Morgan fingerprint density at radius 1 is 1.56 bits per heavy atom. The van der Waals surface area contributed by atoms with E-state index in [9.17, 15) is 0 Å². The van der Waals surface area contributed by atoms with Gasteiger partial charge in [-0.25, -0.2) is 4.99 Å². The van der Waals surface area contributed by atoms with Crippen LogP contribution in [0.2, 0.25) is 0 Å². The molecule has 0 saturated heterocycles. The summed E-state index contributed by atoms with van der Waals surface area (Å²) in [6.45, 7) is 8.46. The molecule has 0 aliphatic carbocycles. The second kappa shape index (κ2) is 5.53.